The summed E-state index contributed by atoms with van der Waals surface area (Å²) >= 11 is 0. The van der Waals surface area contributed by atoms with Crippen molar-refractivity contribution in [2.24, 2.45) is 11.5 Å². The second-order valence-corrected chi connectivity index (χ2v) is 1.23. The van der Waals surface area contributed by atoms with Crippen molar-refractivity contribution in [2.75, 3.05) is 13.2 Å². The number of halogens is 1. The largest absolute Gasteiger partial charge is 0.363 e. The number of rotatable bonds is 3. The topological polar surface area (TPSA) is 96.3 Å². The van der Waals surface area contributed by atoms with Crippen molar-refractivity contribution in [1.82, 2.24) is 6.15 Å². The molecule has 0 spiro atoms. The second-order valence-electron chi connectivity index (χ2n) is 1.23. The molecule has 0 saturated heterocycles. The minimum absolute atomic E-state index is 0. The van der Waals surface area contributed by atoms with Gasteiger partial charge in [-0.05, 0) is 6.92 Å². The predicted octanol–water partition coefficient (Wildman–Crippen LogP) is 0.00630. The Hall–Kier alpha value is 0.320. The van der Waals surface area contributed by atoms with E-state index >= 15 is 0 Å². The molecule has 7 N–H and O–H groups in total. The van der Waals surface area contributed by atoms with Gasteiger partial charge in [-0.2, -0.15) is 0 Å². The fourth-order valence-electron chi connectivity index (χ4n) is 0.282. The van der Waals surface area contributed by atoms with Crippen molar-refractivity contribution >= 4 is 17.0 Å². The lowest BCUT2D eigenvalue weighted by molar-refractivity contribution is 0.0740. The average molecular weight is 202 g/mol. The van der Waals surface area contributed by atoms with Gasteiger partial charge in [0.05, 0.1) is 0 Å². The van der Waals surface area contributed by atoms with Crippen molar-refractivity contribution in [3.05, 3.63) is 0 Å². The molecule has 0 heterocycles. The van der Waals surface area contributed by atoms with Gasteiger partial charge in [-0.3, -0.25) is 0 Å². The van der Waals surface area contributed by atoms with E-state index in [1.807, 2.05) is 6.92 Å². The number of hydrogen-bond acceptors (Lipinski definition) is 4. The van der Waals surface area contributed by atoms with E-state index in [0.717, 1.165) is 0 Å². The molecule has 0 saturated carbocycles. The zero-order valence-corrected chi connectivity index (χ0v) is 7.38. The summed E-state index contributed by atoms with van der Waals surface area (Å²) in [4.78, 5) is 0. The van der Waals surface area contributed by atoms with Gasteiger partial charge in [0.2, 0.25) is 0 Å². The highest BCUT2D eigenvalue weighted by atomic mass is 79.9. The molecule has 4 nitrogen and oxygen atoms in total. The molecular formula is C4H16BrN3O. The van der Waals surface area contributed by atoms with E-state index in [4.69, 9.17) is 16.2 Å². The first-order valence-corrected chi connectivity index (χ1v) is 2.38. The van der Waals surface area contributed by atoms with Gasteiger partial charge in [-0.15, -0.1) is 17.0 Å². The van der Waals surface area contributed by atoms with Gasteiger partial charge >= 0.3 is 0 Å². The van der Waals surface area contributed by atoms with Crippen LogP contribution in [0.4, 0.5) is 0 Å². The molecule has 0 radical (unpaired) electrons. The summed E-state index contributed by atoms with van der Waals surface area (Å²) in [5.74, 6) is 0. The molecule has 9 heavy (non-hydrogen) atoms. The number of ether oxygens (including phenoxy) is 1. The lowest BCUT2D eigenvalue weighted by Gasteiger charge is -2.05. The van der Waals surface area contributed by atoms with Crippen LogP contribution < -0.4 is 17.6 Å². The first-order chi connectivity index (χ1) is 3.31. The smallest absolute Gasteiger partial charge is 0.117 e. The summed E-state index contributed by atoms with van der Waals surface area (Å²) in [6, 6.07) is 0. The summed E-state index contributed by atoms with van der Waals surface area (Å²) < 4.78 is 4.84. The van der Waals surface area contributed by atoms with Crippen molar-refractivity contribution in [3.8, 4) is 0 Å². The molecule has 0 aromatic rings. The maximum atomic E-state index is 5.24. The first kappa shape index (κ1) is 16.2. The van der Waals surface area contributed by atoms with E-state index in [0.29, 0.717) is 13.2 Å². The zero-order chi connectivity index (χ0) is 5.70. The van der Waals surface area contributed by atoms with Crippen LogP contribution in [0.5, 0.6) is 0 Å². The molecule has 0 aliphatic rings. The van der Waals surface area contributed by atoms with Crippen LogP contribution in [0.3, 0.4) is 0 Å². The molecule has 0 rings (SSSR count). The first-order valence-electron chi connectivity index (χ1n) is 2.38. The normalized spacial score (nSPS) is 11.0. The SMILES string of the molecule is Br.CCOC(N)CN.N. The molecule has 0 aliphatic heterocycles. The minimum Gasteiger partial charge on any atom is -0.363 e. The monoisotopic (exact) mass is 201 g/mol. The summed E-state index contributed by atoms with van der Waals surface area (Å²) in [6.07, 6.45) is -0.273. The predicted molar refractivity (Wildman–Crippen MR) is 44.0 cm³/mol. The van der Waals surface area contributed by atoms with Gasteiger partial charge in [-0.25, -0.2) is 0 Å². The van der Waals surface area contributed by atoms with Crippen LogP contribution >= 0.6 is 17.0 Å². The second kappa shape index (κ2) is 11.2. The van der Waals surface area contributed by atoms with Gasteiger partial charge < -0.3 is 22.4 Å². The Labute approximate surface area is 66.3 Å². The Morgan fingerprint density at radius 2 is 2.00 bits per heavy atom. The molecule has 0 amide bonds. The Morgan fingerprint density at radius 1 is 1.56 bits per heavy atom. The van der Waals surface area contributed by atoms with Gasteiger partial charge in [0.1, 0.15) is 6.23 Å². The van der Waals surface area contributed by atoms with Crippen molar-refractivity contribution in [1.29, 1.82) is 0 Å². The maximum Gasteiger partial charge on any atom is 0.117 e. The van der Waals surface area contributed by atoms with E-state index < -0.39 is 0 Å². The summed E-state index contributed by atoms with van der Waals surface area (Å²) in [6.45, 7) is 2.92. The third-order valence-corrected chi connectivity index (χ3v) is 0.613. The van der Waals surface area contributed by atoms with Gasteiger partial charge in [-0.1, -0.05) is 0 Å². The quantitative estimate of drug-likeness (QED) is 0.561. The Morgan fingerprint density at radius 3 is 2.11 bits per heavy atom. The molecule has 5 heteroatoms. The average Bonchev–Trinajstić information content (AvgIpc) is 1.68. The Bertz CT molecular complexity index is 46.8. The highest BCUT2D eigenvalue weighted by Crippen LogP contribution is 1.74. The van der Waals surface area contributed by atoms with E-state index in [1.165, 1.54) is 0 Å². The van der Waals surface area contributed by atoms with Crippen LogP contribution in [0, 0.1) is 0 Å². The molecule has 0 aromatic carbocycles. The van der Waals surface area contributed by atoms with Crippen LogP contribution in [-0.2, 0) is 4.74 Å². The molecule has 0 bridgehead atoms. The van der Waals surface area contributed by atoms with Crippen LogP contribution in [0.2, 0.25) is 0 Å². The maximum absolute atomic E-state index is 5.24. The van der Waals surface area contributed by atoms with Gasteiger partial charge in [0, 0.05) is 13.2 Å². The molecule has 0 aromatic heterocycles. The third-order valence-electron chi connectivity index (χ3n) is 0.613. The van der Waals surface area contributed by atoms with Crippen molar-refractivity contribution in [3.63, 3.8) is 0 Å². The standard InChI is InChI=1S/C4H12N2O.BrH.H3N/c1-2-7-4(6)3-5;;/h4H,2-3,5-6H2,1H3;1H;1H3. The van der Waals surface area contributed by atoms with Gasteiger partial charge in [0.15, 0.2) is 0 Å². The van der Waals surface area contributed by atoms with Crippen LogP contribution in [0.15, 0.2) is 0 Å². The molecule has 1 unspecified atom stereocenters. The lowest BCUT2D eigenvalue weighted by atomic mass is 10.6. The molecule has 0 aliphatic carbocycles. The highest BCUT2D eigenvalue weighted by molar-refractivity contribution is 8.93. The minimum atomic E-state index is -0.273. The molecule has 1 atom stereocenters. The summed E-state index contributed by atoms with van der Waals surface area (Å²) in [5.41, 5.74) is 10.3. The van der Waals surface area contributed by atoms with Crippen LogP contribution in [-0.4, -0.2) is 19.4 Å². The fraction of sp³-hybridized carbons (Fsp3) is 1.00. The van der Waals surface area contributed by atoms with Crippen LogP contribution in [0.1, 0.15) is 6.92 Å². The Kier molecular flexibility index (Phi) is 20.0. The van der Waals surface area contributed by atoms with E-state index in [-0.39, 0.29) is 29.4 Å². The van der Waals surface area contributed by atoms with Crippen molar-refractivity contribution < 1.29 is 4.74 Å². The lowest BCUT2D eigenvalue weighted by Crippen LogP contribution is -2.32. The molecule has 0 fully saturated rings. The highest BCUT2D eigenvalue weighted by Gasteiger charge is 1.92. The van der Waals surface area contributed by atoms with E-state index in [1.54, 1.807) is 0 Å². The third kappa shape index (κ3) is 11.7. The van der Waals surface area contributed by atoms with Crippen molar-refractivity contribution in [2.45, 2.75) is 13.2 Å². The summed E-state index contributed by atoms with van der Waals surface area (Å²) in [5, 5.41) is 0. The van der Waals surface area contributed by atoms with Gasteiger partial charge in [0.25, 0.3) is 0 Å². The number of nitrogens with two attached hydrogens (primary N) is 2. The van der Waals surface area contributed by atoms with E-state index in [9.17, 15) is 0 Å². The zero-order valence-electron chi connectivity index (χ0n) is 5.67. The molecule has 60 valence electrons. The number of hydrogen-bond donors (Lipinski definition) is 3. The fourth-order valence-corrected chi connectivity index (χ4v) is 0.282. The van der Waals surface area contributed by atoms with E-state index in [2.05, 4.69) is 0 Å². The molecular weight excluding hydrogens is 186 g/mol. The summed E-state index contributed by atoms with van der Waals surface area (Å²) in [7, 11) is 0. The van der Waals surface area contributed by atoms with Crippen LogP contribution in [0.25, 0.3) is 0 Å². The Balaban J connectivity index is -0.000000180.